The molecule has 0 aliphatic heterocycles. The van der Waals surface area contributed by atoms with Crippen molar-refractivity contribution >= 4 is 11.8 Å². The Bertz CT molecular complexity index is 303. The highest BCUT2D eigenvalue weighted by Gasteiger charge is 2.11. The van der Waals surface area contributed by atoms with Gasteiger partial charge in [0.2, 0.25) is 0 Å². The molecule has 1 rings (SSSR count). The molecule has 0 N–H and O–H groups in total. The molecule has 0 bridgehead atoms. The number of methoxy groups -OCH3 is 1. The van der Waals surface area contributed by atoms with Crippen molar-refractivity contribution in [3.63, 3.8) is 0 Å². The fourth-order valence-corrected chi connectivity index (χ4v) is 1.22. The molecule has 0 unspecified atom stereocenters. The monoisotopic (exact) mass is 209 g/mol. The molecule has 5 nitrogen and oxygen atoms in total. The average molecular weight is 209 g/mol. The van der Waals surface area contributed by atoms with Gasteiger partial charge in [-0.1, -0.05) is 6.92 Å². The van der Waals surface area contributed by atoms with Gasteiger partial charge in [-0.05, 0) is 6.42 Å². The molecule has 0 aliphatic rings. The third kappa shape index (κ3) is 3.53. The molecule has 15 heavy (non-hydrogen) atoms. The maximum absolute atomic E-state index is 11.2. The van der Waals surface area contributed by atoms with Crippen molar-refractivity contribution < 1.29 is 9.53 Å². The maximum Gasteiger partial charge on any atom is 0.325 e. The topological polar surface area (TPSA) is 55.3 Å². The Kier molecular flexibility index (Phi) is 4.53. The Hall–Kier alpha value is -1.65. The van der Waals surface area contributed by atoms with Crippen LogP contribution in [-0.4, -0.2) is 36.1 Å². The Morgan fingerprint density at radius 3 is 2.87 bits per heavy atom. The second kappa shape index (κ2) is 5.95. The third-order valence-electron chi connectivity index (χ3n) is 1.91. The van der Waals surface area contributed by atoms with Crippen LogP contribution in [0.3, 0.4) is 0 Å². The van der Waals surface area contributed by atoms with E-state index in [0.717, 1.165) is 13.0 Å². The Morgan fingerprint density at radius 2 is 2.33 bits per heavy atom. The summed E-state index contributed by atoms with van der Waals surface area (Å²) in [6.07, 6.45) is 5.78. The maximum atomic E-state index is 11.2. The van der Waals surface area contributed by atoms with Crippen LogP contribution in [0.15, 0.2) is 18.6 Å². The number of ether oxygens (including phenoxy) is 1. The molecule has 0 spiro atoms. The zero-order valence-corrected chi connectivity index (χ0v) is 9.01. The molecule has 1 aromatic rings. The molecule has 0 radical (unpaired) electrons. The molecule has 5 heteroatoms. The van der Waals surface area contributed by atoms with Crippen molar-refractivity contribution in [1.82, 2.24) is 9.97 Å². The van der Waals surface area contributed by atoms with Crippen LogP contribution >= 0.6 is 0 Å². The van der Waals surface area contributed by atoms with Crippen molar-refractivity contribution in [2.45, 2.75) is 13.3 Å². The minimum atomic E-state index is -0.269. The fourth-order valence-electron chi connectivity index (χ4n) is 1.22. The summed E-state index contributed by atoms with van der Waals surface area (Å²) >= 11 is 0. The lowest BCUT2D eigenvalue weighted by Crippen LogP contribution is -2.31. The lowest BCUT2D eigenvalue weighted by atomic mass is 10.4. The molecule has 1 aromatic heterocycles. The van der Waals surface area contributed by atoms with Gasteiger partial charge in [0, 0.05) is 18.9 Å². The number of hydrogen-bond acceptors (Lipinski definition) is 5. The minimum absolute atomic E-state index is 0.211. The number of esters is 1. The lowest BCUT2D eigenvalue weighted by molar-refractivity contribution is -0.138. The standard InChI is InChI=1S/C10H15N3O2/c1-3-6-13(8-10(14)15-2)9-7-11-4-5-12-9/h4-5,7H,3,6,8H2,1-2H3. The second-order valence-electron chi connectivity index (χ2n) is 3.06. The Morgan fingerprint density at radius 1 is 1.53 bits per heavy atom. The average Bonchev–Trinajstić information content (AvgIpc) is 2.29. The van der Waals surface area contributed by atoms with E-state index < -0.39 is 0 Å². The molecule has 0 saturated heterocycles. The van der Waals surface area contributed by atoms with Gasteiger partial charge in [-0.3, -0.25) is 9.78 Å². The highest BCUT2D eigenvalue weighted by Crippen LogP contribution is 2.07. The highest BCUT2D eigenvalue weighted by molar-refractivity contribution is 5.75. The Balaban J connectivity index is 2.70. The molecule has 0 aliphatic carbocycles. The van der Waals surface area contributed by atoms with Crippen molar-refractivity contribution in [2.75, 3.05) is 25.1 Å². The largest absolute Gasteiger partial charge is 0.468 e. The number of anilines is 1. The fraction of sp³-hybridized carbons (Fsp3) is 0.500. The van der Waals surface area contributed by atoms with Gasteiger partial charge in [-0.25, -0.2) is 4.98 Å². The van der Waals surface area contributed by atoms with E-state index in [1.165, 1.54) is 7.11 Å². The van der Waals surface area contributed by atoms with Gasteiger partial charge in [0.25, 0.3) is 0 Å². The first-order valence-electron chi connectivity index (χ1n) is 4.85. The lowest BCUT2D eigenvalue weighted by Gasteiger charge is -2.20. The highest BCUT2D eigenvalue weighted by atomic mass is 16.5. The van der Waals surface area contributed by atoms with Crippen LogP contribution in [0.2, 0.25) is 0 Å². The number of aromatic nitrogens is 2. The minimum Gasteiger partial charge on any atom is -0.468 e. The summed E-state index contributed by atoms with van der Waals surface area (Å²) < 4.78 is 4.62. The van der Waals surface area contributed by atoms with E-state index in [9.17, 15) is 4.79 Å². The van der Waals surface area contributed by atoms with Gasteiger partial charge >= 0.3 is 5.97 Å². The first kappa shape index (κ1) is 11.4. The molecule has 0 fully saturated rings. The van der Waals surface area contributed by atoms with Gasteiger partial charge in [-0.2, -0.15) is 0 Å². The molecular formula is C10H15N3O2. The quantitative estimate of drug-likeness (QED) is 0.673. The normalized spacial score (nSPS) is 9.73. The molecule has 82 valence electrons. The number of nitrogens with zero attached hydrogens (tertiary/aromatic N) is 3. The van der Waals surface area contributed by atoms with Gasteiger partial charge < -0.3 is 9.64 Å². The van der Waals surface area contributed by atoms with Gasteiger partial charge in [-0.15, -0.1) is 0 Å². The summed E-state index contributed by atoms with van der Waals surface area (Å²) in [5, 5.41) is 0. The van der Waals surface area contributed by atoms with Crippen LogP contribution in [0.1, 0.15) is 13.3 Å². The zero-order chi connectivity index (χ0) is 11.1. The summed E-state index contributed by atoms with van der Waals surface area (Å²) in [4.78, 5) is 21.1. The number of hydrogen-bond donors (Lipinski definition) is 0. The van der Waals surface area contributed by atoms with E-state index in [1.807, 2.05) is 11.8 Å². The predicted molar refractivity (Wildman–Crippen MR) is 56.6 cm³/mol. The van der Waals surface area contributed by atoms with Crippen LogP contribution in [0, 0.1) is 0 Å². The van der Waals surface area contributed by atoms with E-state index in [-0.39, 0.29) is 12.5 Å². The first-order valence-corrected chi connectivity index (χ1v) is 4.85. The van der Waals surface area contributed by atoms with Crippen LogP contribution in [-0.2, 0) is 9.53 Å². The van der Waals surface area contributed by atoms with Crippen LogP contribution in [0.4, 0.5) is 5.82 Å². The van der Waals surface area contributed by atoms with Crippen molar-refractivity contribution in [1.29, 1.82) is 0 Å². The summed E-state index contributed by atoms with van der Waals surface area (Å²) in [7, 11) is 1.38. The predicted octanol–water partition coefficient (Wildman–Crippen LogP) is 0.866. The molecule has 0 atom stereocenters. The summed E-state index contributed by atoms with van der Waals surface area (Å²) in [5.74, 6) is 0.429. The van der Waals surface area contributed by atoms with E-state index >= 15 is 0 Å². The van der Waals surface area contributed by atoms with Crippen molar-refractivity contribution in [3.05, 3.63) is 18.6 Å². The molecule has 0 saturated carbocycles. The summed E-state index contributed by atoms with van der Waals surface area (Å²) in [5.41, 5.74) is 0. The van der Waals surface area contributed by atoms with Crippen LogP contribution < -0.4 is 4.90 Å². The van der Waals surface area contributed by atoms with Gasteiger partial charge in [0.1, 0.15) is 12.4 Å². The van der Waals surface area contributed by atoms with E-state index in [4.69, 9.17) is 0 Å². The van der Waals surface area contributed by atoms with Gasteiger partial charge in [0.05, 0.1) is 13.3 Å². The van der Waals surface area contributed by atoms with E-state index in [2.05, 4.69) is 14.7 Å². The Labute approximate surface area is 89.1 Å². The van der Waals surface area contributed by atoms with Crippen LogP contribution in [0.5, 0.6) is 0 Å². The van der Waals surface area contributed by atoms with Crippen molar-refractivity contribution in [2.24, 2.45) is 0 Å². The first-order chi connectivity index (χ1) is 7.27. The third-order valence-corrected chi connectivity index (χ3v) is 1.91. The number of rotatable bonds is 5. The van der Waals surface area contributed by atoms with E-state index in [1.54, 1.807) is 18.6 Å². The second-order valence-corrected chi connectivity index (χ2v) is 3.06. The zero-order valence-electron chi connectivity index (χ0n) is 9.01. The number of carbonyl (C=O) groups excluding carboxylic acids is 1. The van der Waals surface area contributed by atoms with Crippen LogP contribution in [0.25, 0.3) is 0 Å². The molecular weight excluding hydrogens is 194 g/mol. The summed E-state index contributed by atoms with van der Waals surface area (Å²) in [6.45, 7) is 3.01. The van der Waals surface area contributed by atoms with Gasteiger partial charge in [0.15, 0.2) is 0 Å². The SMILES string of the molecule is CCCN(CC(=O)OC)c1cnccn1. The number of carbonyl (C=O) groups is 1. The molecule has 1 heterocycles. The smallest absolute Gasteiger partial charge is 0.325 e. The van der Waals surface area contributed by atoms with Crippen molar-refractivity contribution in [3.8, 4) is 0 Å². The summed E-state index contributed by atoms with van der Waals surface area (Å²) in [6, 6.07) is 0. The van der Waals surface area contributed by atoms with E-state index in [0.29, 0.717) is 5.82 Å². The molecule has 0 aromatic carbocycles. The molecule has 0 amide bonds.